The number of nitrogens with one attached hydrogen (secondary N) is 1. The fourth-order valence-electron chi connectivity index (χ4n) is 2.69. The lowest BCUT2D eigenvalue weighted by Crippen LogP contribution is -2.24. The molecular formula is C19H17FN2O2. The molecule has 0 saturated carbocycles. The highest BCUT2D eigenvalue weighted by Crippen LogP contribution is 2.17. The molecule has 0 aliphatic carbocycles. The number of para-hydroxylation sites is 1. The first-order valence-corrected chi connectivity index (χ1v) is 7.71. The zero-order valence-electron chi connectivity index (χ0n) is 13.5. The molecule has 0 atom stereocenters. The molecule has 4 nitrogen and oxygen atoms in total. The van der Waals surface area contributed by atoms with E-state index in [2.05, 4.69) is 5.32 Å². The number of halogens is 1. The predicted molar refractivity (Wildman–Crippen MR) is 93.0 cm³/mol. The van der Waals surface area contributed by atoms with Crippen LogP contribution in [0.25, 0.3) is 10.9 Å². The van der Waals surface area contributed by atoms with E-state index in [9.17, 15) is 14.0 Å². The minimum Gasteiger partial charge on any atom is -0.347 e. The highest BCUT2D eigenvalue weighted by Gasteiger charge is 2.16. The van der Waals surface area contributed by atoms with Crippen molar-refractivity contribution in [2.75, 3.05) is 5.32 Å². The molecule has 3 rings (SSSR count). The Hall–Kier alpha value is -2.95. The first-order valence-electron chi connectivity index (χ1n) is 7.71. The average molecular weight is 324 g/mol. The summed E-state index contributed by atoms with van der Waals surface area (Å²) in [5.41, 5.74) is 1.57. The number of hydrogen-bond acceptors (Lipinski definition) is 2. The van der Waals surface area contributed by atoms with Crippen LogP contribution in [0.4, 0.5) is 10.1 Å². The van der Waals surface area contributed by atoms with Gasteiger partial charge in [-0.05, 0) is 43.7 Å². The summed E-state index contributed by atoms with van der Waals surface area (Å²) in [6, 6.07) is 11.3. The second-order valence-corrected chi connectivity index (χ2v) is 5.59. The maximum Gasteiger partial charge on any atom is 0.261 e. The van der Waals surface area contributed by atoms with Crippen molar-refractivity contribution in [3.8, 4) is 0 Å². The Labute approximate surface area is 138 Å². The topological polar surface area (TPSA) is 51.1 Å². The van der Waals surface area contributed by atoms with Crippen molar-refractivity contribution in [3.05, 3.63) is 75.8 Å². The van der Waals surface area contributed by atoms with Crippen LogP contribution in [0.15, 0.2) is 53.5 Å². The van der Waals surface area contributed by atoms with Crippen molar-refractivity contribution in [1.82, 2.24) is 4.57 Å². The third-order valence-corrected chi connectivity index (χ3v) is 4.02. The minimum atomic E-state index is -0.540. The summed E-state index contributed by atoms with van der Waals surface area (Å²) in [5.74, 6) is -0.984. The van der Waals surface area contributed by atoms with Gasteiger partial charge in [-0.3, -0.25) is 9.59 Å². The monoisotopic (exact) mass is 324 g/mol. The lowest BCUT2D eigenvalue weighted by molar-refractivity contribution is 0.102. The third-order valence-electron chi connectivity index (χ3n) is 4.02. The Morgan fingerprint density at radius 3 is 2.71 bits per heavy atom. The van der Waals surface area contributed by atoms with E-state index in [0.717, 1.165) is 11.1 Å². The number of fused-ring (bicyclic) bond motifs is 1. The molecule has 1 amide bonds. The van der Waals surface area contributed by atoms with Crippen LogP contribution in [0, 0.1) is 12.7 Å². The number of carbonyl (C=O) groups is 1. The summed E-state index contributed by atoms with van der Waals surface area (Å²) in [6.45, 7) is 4.33. The van der Waals surface area contributed by atoms with E-state index in [1.165, 1.54) is 12.1 Å². The lowest BCUT2D eigenvalue weighted by atomic mass is 10.1. The molecule has 2 aromatic carbocycles. The van der Waals surface area contributed by atoms with Gasteiger partial charge in [0.2, 0.25) is 5.43 Å². The van der Waals surface area contributed by atoms with Crippen LogP contribution in [-0.2, 0) is 6.54 Å². The van der Waals surface area contributed by atoms with Gasteiger partial charge in [-0.1, -0.05) is 18.2 Å². The van der Waals surface area contributed by atoms with Crippen LogP contribution < -0.4 is 10.7 Å². The van der Waals surface area contributed by atoms with Gasteiger partial charge in [0, 0.05) is 23.8 Å². The lowest BCUT2D eigenvalue weighted by Gasteiger charge is -2.12. The fourth-order valence-corrected chi connectivity index (χ4v) is 2.69. The maximum absolute atomic E-state index is 13.4. The second-order valence-electron chi connectivity index (χ2n) is 5.59. The molecule has 1 heterocycles. The molecule has 0 fully saturated rings. The van der Waals surface area contributed by atoms with Crippen LogP contribution in [0.3, 0.4) is 0 Å². The van der Waals surface area contributed by atoms with Crippen LogP contribution in [0.5, 0.6) is 0 Å². The van der Waals surface area contributed by atoms with E-state index in [-0.39, 0.29) is 11.0 Å². The van der Waals surface area contributed by atoms with Gasteiger partial charge in [0.05, 0.1) is 5.52 Å². The van der Waals surface area contributed by atoms with Gasteiger partial charge in [-0.25, -0.2) is 4.39 Å². The largest absolute Gasteiger partial charge is 0.347 e. The van der Waals surface area contributed by atoms with E-state index in [0.29, 0.717) is 17.6 Å². The first kappa shape index (κ1) is 15.9. The maximum atomic E-state index is 13.4. The summed E-state index contributed by atoms with van der Waals surface area (Å²) in [6.07, 6.45) is 1.55. The van der Waals surface area contributed by atoms with E-state index in [1.54, 1.807) is 31.3 Å². The normalized spacial score (nSPS) is 10.8. The van der Waals surface area contributed by atoms with Gasteiger partial charge in [-0.2, -0.15) is 0 Å². The Morgan fingerprint density at radius 2 is 1.96 bits per heavy atom. The zero-order valence-corrected chi connectivity index (χ0v) is 13.5. The highest BCUT2D eigenvalue weighted by atomic mass is 19.1. The number of aromatic nitrogens is 1. The summed E-state index contributed by atoms with van der Waals surface area (Å²) in [4.78, 5) is 25.2. The molecule has 0 aliphatic heterocycles. The number of carbonyl (C=O) groups excluding carboxylic acids is 1. The standard InChI is InChI=1S/C19H17FN2O2/c1-3-22-11-15(18(23)14-6-4-5-7-17(14)22)19(24)21-16-10-13(20)9-8-12(16)2/h4-11H,3H2,1-2H3,(H,21,24). The molecule has 1 aromatic heterocycles. The molecule has 1 N–H and O–H groups in total. The van der Waals surface area contributed by atoms with Gasteiger partial charge in [-0.15, -0.1) is 0 Å². The third kappa shape index (κ3) is 2.80. The van der Waals surface area contributed by atoms with Crippen LogP contribution in [-0.4, -0.2) is 10.5 Å². The van der Waals surface area contributed by atoms with Crippen molar-refractivity contribution < 1.29 is 9.18 Å². The van der Waals surface area contributed by atoms with Gasteiger partial charge < -0.3 is 9.88 Å². The van der Waals surface area contributed by atoms with Gasteiger partial charge in [0.15, 0.2) is 0 Å². The Morgan fingerprint density at radius 1 is 1.21 bits per heavy atom. The molecule has 0 aliphatic rings. The van der Waals surface area contributed by atoms with E-state index >= 15 is 0 Å². The molecule has 24 heavy (non-hydrogen) atoms. The first-order chi connectivity index (χ1) is 11.5. The second kappa shape index (κ2) is 6.28. The zero-order chi connectivity index (χ0) is 17.3. The highest BCUT2D eigenvalue weighted by molar-refractivity contribution is 6.06. The molecule has 0 saturated heterocycles. The Kier molecular flexibility index (Phi) is 4.16. The predicted octanol–water partition coefficient (Wildman–Crippen LogP) is 3.72. The number of aryl methyl sites for hydroxylation is 2. The molecule has 122 valence electrons. The van der Waals surface area contributed by atoms with Crippen molar-refractivity contribution in [1.29, 1.82) is 0 Å². The Bertz CT molecular complexity index is 992. The summed E-state index contributed by atoms with van der Waals surface area (Å²) in [7, 11) is 0. The molecule has 5 heteroatoms. The van der Waals surface area contributed by atoms with E-state index in [1.807, 2.05) is 23.6 Å². The molecule has 0 bridgehead atoms. The smallest absolute Gasteiger partial charge is 0.261 e. The van der Waals surface area contributed by atoms with Gasteiger partial charge >= 0.3 is 0 Å². The summed E-state index contributed by atoms with van der Waals surface area (Å²) >= 11 is 0. The van der Waals surface area contributed by atoms with Crippen LogP contribution in [0.2, 0.25) is 0 Å². The quantitative estimate of drug-likeness (QED) is 0.798. The molecule has 0 spiro atoms. The van der Waals surface area contributed by atoms with Crippen molar-refractivity contribution >= 4 is 22.5 Å². The minimum absolute atomic E-state index is 0.0409. The molecular weight excluding hydrogens is 307 g/mol. The SMILES string of the molecule is CCn1cc(C(=O)Nc2cc(F)ccc2C)c(=O)c2ccccc21. The number of benzene rings is 2. The van der Waals surface area contributed by atoms with Gasteiger partial charge in [0.1, 0.15) is 11.4 Å². The van der Waals surface area contributed by atoms with Crippen LogP contribution >= 0.6 is 0 Å². The van der Waals surface area contributed by atoms with Crippen molar-refractivity contribution in [3.63, 3.8) is 0 Å². The summed E-state index contributed by atoms with van der Waals surface area (Å²) < 4.78 is 15.2. The number of amides is 1. The number of nitrogens with zero attached hydrogens (tertiary/aromatic N) is 1. The average Bonchev–Trinajstić information content (AvgIpc) is 2.58. The molecule has 0 radical (unpaired) electrons. The number of pyridine rings is 1. The van der Waals surface area contributed by atoms with E-state index < -0.39 is 11.7 Å². The number of anilines is 1. The van der Waals surface area contributed by atoms with Crippen molar-refractivity contribution in [2.45, 2.75) is 20.4 Å². The van der Waals surface area contributed by atoms with Crippen molar-refractivity contribution in [2.24, 2.45) is 0 Å². The number of rotatable bonds is 3. The fraction of sp³-hybridized carbons (Fsp3) is 0.158. The van der Waals surface area contributed by atoms with Gasteiger partial charge in [0.25, 0.3) is 5.91 Å². The molecule has 0 unspecified atom stereocenters. The number of hydrogen-bond donors (Lipinski definition) is 1. The Balaban J connectivity index is 2.09. The molecule has 3 aromatic rings. The summed E-state index contributed by atoms with van der Waals surface area (Å²) in [5, 5.41) is 3.12. The van der Waals surface area contributed by atoms with Crippen LogP contribution in [0.1, 0.15) is 22.8 Å². The van der Waals surface area contributed by atoms with E-state index in [4.69, 9.17) is 0 Å².